The number of fused-ring (bicyclic) bond motifs is 1. The SMILES string of the molecule is CC1(C)O[C@@H]2[C@H](O1)C(CO[Si](C)(C)C(C)(C)C)O[C@@H]2CO. The fourth-order valence-electron chi connectivity index (χ4n) is 2.56. The summed E-state index contributed by atoms with van der Waals surface area (Å²) in [6, 6.07) is 0. The summed E-state index contributed by atoms with van der Waals surface area (Å²) in [5, 5.41) is 9.63. The second kappa shape index (κ2) is 5.58. The van der Waals surface area contributed by atoms with Crippen molar-refractivity contribution in [3.63, 3.8) is 0 Å². The van der Waals surface area contributed by atoms with Gasteiger partial charge in [0.05, 0.1) is 13.2 Å². The third-order valence-corrected chi connectivity index (χ3v) is 9.34. The highest BCUT2D eigenvalue weighted by Gasteiger charge is 2.55. The van der Waals surface area contributed by atoms with Gasteiger partial charge in [0.15, 0.2) is 14.1 Å². The third-order valence-electron chi connectivity index (χ3n) is 4.84. The first kappa shape index (κ1) is 17.4. The Morgan fingerprint density at radius 1 is 1.10 bits per heavy atom. The number of rotatable bonds is 4. The first-order valence-corrected chi connectivity index (χ1v) is 10.6. The maximum Gasteiger partial charge on any atom is 0.192 e. The molecule has 0 saturated carbocycles. The summed E-state index contributed by atoms with van der Waals surface area (Å²) < 4.78 is 23.9. The molecule has 0 aromatic heterocycles. The average molecular weight is 318 g/mol. The smallest absolute Gasteiger partial charge is 0.192 e. The molecule has 2 fully saturated rings. The summed E-state index contributed by atoms with van der Waals surface area (Å²) in [5.41, 5.74) is 0. The Bertz CT molecular complexity index is 377. The first-order chi connectivity index (χ1) is 9.47. The van der Waals surface area contributed by atoms with Gasteiger partial charge in [0.1, 0.15) is 24.4 Å². The van der Waals surface area contributed by atoms with Crippen LogP contribution in [-0.2, 0) is 18.6 Å². The summed E-state index contributed by atoms with van der Waals surface area (Å²) in [6.45, 7) is 15.3. The van der Waals surface area contributed by atoms with Crippen LogP contribution in [0.25, 0.3) is 0 Å². The molecule has 5 nitrogen and oxygen atoms in total. The van der Waals surface area contributed by atoms with E-state index in [1.807, 2.05) is 13.8 Å². The van der Waals surface area contributed by atoms with Gasteiger partial charge in [0.25, 0.3) is 0 Å². The van der Waals surface area contributed by atoms with Gasteiger partial charge in [-0.15, -0.1) is 0 Å². The Labute approximate surface area is 129 Å². The molecule has 4 atom stereocenters. The van der Waals surface area contributed by atoms with Crippen molar-refractivity contribution in [3.8, 4) is 0 Å². The van der Waals surface area contributed by atoms with Gasteiger partial charge >= 0.3 is 0 Å². The van der Waals surface area contributed by atoms with E-state index in [9.17, 15) is 5.11 Å². The highest BCUT2D eigenvalue weighted by Crippen LogP contribution is 2.40. The van der Waals surface area contributed by atoms with E-state index >= 15 is 0 Å². The second-order valence-electron chi connectivity index (χ2n) is 8.03. The van der Waals surface area contributed by atoms with Crippen LogP contribution in [0.5, 0.6) is 0 Å². The zero-order valence-electron chi connectivity index (χ0n) is 14.3. The molecule has 0 aromatic rings. The van der Waals surface area contributed by atoms with Crippen LogP contribution in [0.2, 0.25) is 18.1 Å². The van der Waals surface area contributed by atoms with Gasteiger partial charge in [-0.25, -0.2) is 0 Å². The molecule has 2 aliphatic rings. The minimum Gasteiger partial charge on any atom is -0.414 e. The predicted molar refractivity (Wildman–Crippen MR) is 82.7 cm³/mol. The highest BCUT2D eigenvalue weighted by atomic mass is 28.4. The molecule has 124 valence electrons. The maximum absolute atomic E-state index is 9.47. The number of aliphatic hydroxyl groups excluding tert-OH is 1. The van der Waals surface area contributed by atoms with Crippen molar-refractivity contribution in [2.24, 2.45) is 0 Å². The molecule has 2 aliphatic heterocycles. The zero-order chi connectivity index (χ0) is 16.1. The Morgan fingerprint density at radius 3 is 2.10 bits per heavy atom. The molecule has 0 aromatic carbocycles. The van der Waals surface area contributed by atoms with Crippen LogP contribution in [0.1, 0.15) is 34.6 Å². The second-order valence-corrected chi connectivity index (χ2v) is 12.8. The summed E-state index contributed by atoms with van der Waals surface area (Å²) in [4.78, 5) is 0. The molecule has 2 rings (SSSR count). The molecule has 6 heteroatoms. The summed E-state index contributed by atoms with van der Waals surface area (Å²) >= 11 is 0. The lowest BCUT2D eigenvalue weighted by Crippen LogP contribution is -2.44. The van der Waals surface area contributed by atoms with E-state index in [0.717, 1.165) is 0 Å². The molecule has 0 spiro atoms. The number of hydrogen-bond acceptors (Lipinski definition) is 5. The van der Waals surface area contributed by atoms with Crippen LogP contribution >= 0.6 is 0 Å². The minimum absolute atomic E-state index is 0.0583. The molecular weight excluding hydrogens is 288 g/mol. The van der Waals surface area contributed by atoms with Crippen LogP contribution < -0.4 is 0 Å². The molecule has 0 radical (unpaired) electrons. The average Bonchev–Trinajstić information content (AvgIpc) is 2.78. The van der Waals surface area contributed by atoms with E-state index in [-0.39, 0.29) is 36.1 Å². The monoisotopic (exact) mass is 318 g/mol. The molecule has 0 amide bonds. The lowest BCUT2D eigenvalue weighted by Gasteiger charge is -2.37. The molecule has 2 heterocycles. The lowest BCUT2D eigenvalue weighted by molar-refractivity contribution is -0.192. The summed E-state index contributed by atoms with van der Waals surface area (Å²) in [7, 11) is -1.82. The van der Waals surface area contributed by atoms with Crippen molar-refractivity contribution in [2.45, 2.75) is 83.0 Å². The predicted octanol–water partition coefficient (Wildman–Crippen LogP) is 2.29. The number of hydrogen-bond donors (Lipinski definition) is 1. The van der Waals surface area contributed by atoms with E-state index < -0.39 is 14.1 Å². The third kappa shape index (κ3) is 3.51. The van der Waals surface area contributed by atoms with E-state index in [1.54, 1.807) is 0 Å². The van der Waals surface area contributed by atoms with Crippen LogP contribution in [0.3, 0.4) is 0 Å². The van der Waals surface area contributed by atoms with Crippen molar-refractivity contribution in [1.82, 2.24) is 0 Å². The van der Waals surface area contributed by atoms with Gasteiger partial charge in [-0.3, -0.25) is 0 Å². The summed E-state index contributed by atoms with van der Waals surface area (Å²) in [5.74, 6) is -0.623. The van der Waals surface area contributed by atoms with Crippen molar-refractivity contribution in [1.29, 1.82) is 0 Å². The fourth-order valence-corrected chi connectivity index (χ4v) is 3.57. The van der Waals surface area contributed by atoms with E-state index in [0.29, 0.717) is 6.61 Å². The van der Waals surface area contributed by atoms with E-state index in [1.165, 1.54) is 0 Å². The molecule has 1 unspecified atom stereocenters. The van der Waals surface area contributed by atoms with Crippen LogP contribution in [-0.4, -0.2) is 56.8 Å². The van der Waals surface area contributed by atoms with Crippen molar-refractivity contribution in [2.75, 3.05) is 13.2 Å². The van der Waals surface area contributed by atoms with Gasteiger partial charge in [0.2, 0.25) is 0 Å². The number of ether oxygens (including phenoxy) is 3. The van der Waals surface area contributed by atoms with Gasteiger partial charge in [-0.05, 0) is 32.0 Å². The zero-order valence-corrected chi connectivity index (χ0v) is 15.3. The molecule has 2 saturated heterocycles. The van der Waals surface area contributed by atoms with Gasteiger partial charge < -0.3 is 23.7 Å². The molecular formula is C15H30O5Si. The Balaban J connectivity index is 2.01. The molecule has 21 heavy (non-hydrogen) atoms. The number of aliphatic hydroxyl groups is 1. The summed E-state index contributed by atoms with van der Waals surface area (Å²) in [6.07, 6.45) is -0.882. The van der Waals surface area contributed by atoms with Gasteiger partial charge in [-0.2, -0.15) is 0 Å². The largest absolute Gasteiger partial charge is 0.414 e. The van der Waals surface area contributed by atoms with E-state index in [4.69, 9.17) is 18.6 Å². The maximum atomic E-state index is 9.47. The topological polar surface area (TPSA) is 57.2 Å². The van der Waals surface area contributed by atoms with Gasteiger partial charge in [-0.1, -0.05) is 20.8 Å². The Hall–Kier alpha value is 0.0169. The van der Waals surface area contributed by atoms with Crippen LogP contribution in [0, 0.1) is 0 Å². The fraction of sp³-hybridized carbons (Fsp3) is 1.00. The minimum atomic E-state index is -1.82. The van der Waals surface area contributed by atoms with Crippen LogP contribution in [0.15, 0.2) is 0 Å². The highest BCUT2D eigenvalue weighted by molar-refractivity contribution is 6.74. The standard InChI is InChI=1S/C15H30O5Si/c1-14(2,3)21(6,7)17-9-11-13-12(10(8-16)18-11)19-15(4,5)20-13/h10-13,16H,8-9H2,1-7H3/t10-,11?,12+,13-/m1/s1. The Morgan fingerprint density at radius 2 is 1.62 bits per heavy atom. The molecule has 0 aliphatic carbocycles. The van der Waals surface area contributed by atoms with Crippen molar-refractivity contribution in [3.05, 3.63) is 0 Å². The Kier molecular flexibility index (Phi) is 4.62. The quantitative estimate of drug-likeness (QED) is 0.806. The van der Waals surface area contributed by atoms with Crippen molar-refractivity contribution < 1.29 is 23.7 Å². The first-order valence-electron chi connectivity index (χ1n) is 7.73. The van der Waals surface area contributed by atoms with Crippen molar-refractivity contribution >= 4 is 8.32 Å². The molecule has 0 bridgehead atoms. The van der Waals surface area contributed by atoms with E-state index in [2.05, 4.69) is 33.9 Å². The van der Waals surface area contributed by atoms with Crippen LogP contribution in [0.4, 0.5) is 0 Å². The lowest BCUT2D eigenvalue weighted by atomic mass is 10.1. The normalized spacial score (nSPS) is 36.0. The van der Waals surface area contributed by atoms with Gasteiger partial charge in [0, 0.05) is 0 Å². The molecule has 1 N–H and O–H groups in total.